The zero-order valence-electron chi connectivity index (χ0n) is 16.0. The molecular weight excluding hydrogens is 411 g/mol. The number of hydrazine groups is 1. The second-order valence-electron chi connectivity index (χ2n) is 7.75. The minimum Gasteiger partial charge on any atom is -0.329 e. The third-order valence-electron chi connectivity index (χ3n) is 6.22. The van der Waals surface area contributed by atoms with Gasteiger partial charge in [-0.15, -0.1) is 0 Å². The number of carbonyl (C=O) groups excluding carboxylic acids is 1. The molecule has 1 aromatic heterocycles. The predicted molar refractivity (Wildman–Crippen MR) is 111 cm³/mol. The van der Waals surface area contributed by atoms with Crippen LogP contribution in [0, 0.1) is 23.2 Å². The maximum Gasteiger partial charge on any atom is 0.237 e. The predicted octanol–water partition coefficient (Wildman–Crippen LogP) is 2.73. The van der Waals surface area contributed by atoms with Crippen LogP contribution >= 0.6 is 23.2 Å². The standard InChI is InChI=1S/C20H22Cl2N6O/c1-28-19(14-5-11(21)6-17(22)15(14)7-23)16(9-25-28)10-2-3-12-13(4-10)18(8-24)26-27-20(12)29/h5-6,9-10,12-13,18,26H,2-4,8,24H2,1H3,(H,27,29). The van der Waals surface area contributed by atoms with Gasteiger partial charge < -0.3 is 5.73 Å². The molecule has 29 heavy (non-hydrogen) atoms. The molecule has 2 heterocycles. The van der Waals surface area contributed by atoms with Crippen LogP contribution in [0.5, 0.6) is 0 Å². The molecule has 7 nitrogen and oxygen atoms in total. The number of fused-ring (bicyclic) bond motifs is 1. The molecule has 1 aliphatic carbocycles. The summed E-state index contributed by atoms with van der Waals surface area (Å²) >= 11 is 12.5. The number of aryl methyl sites for hydroxylation is 1. The Labute approximate surface area is 179 Å². The summed E-state index contributed by atoms with van der Waals surface area (Å²) < 4.78 is 1.76. The van der Waals surface area contributed by atoms with Crippen LogP contribution in [0.4, 0.5) is 0 Å². The van der Waals surface area contributed by atoms with Gasteiger partial charge in [0.1, 0.15) is 6.07 Å². The lowest BCUT2D eigenvalue weighted by molar-refractivity contribution is -0.133. The molecule has 0 spiro atoms. The minimum atomic E-state index is -0.0311. The van der Waals surface area contributed by atoms with Crippen molar-refractivity contribution in [1.29, 1.82) is 5.26 Å². The second-order valence-corrected chi connectivity index (χ2v) is 8.59. The van der Waals surface area contributed by atoms with Gasteiger partial charge in [0.15, 0.2) is 0 Å². The Morgan fingerprint density at radius 3 is 2.90 bits per heavy atom. The van der Waals surface area contributed by atoms with Crippen molar-refractivity contribution in [3.63, 3.8) is 0 Å². The van der Waals surface area contributed by atoms with Gasteiger partial charge in [-0.25, -0.2) is 5.43 Å². The van der Waals surface area contributed by atoms with Crippen LogP contribution in [0.1, 0.15) is 36.3 Å². The van der Waals surface area contributed by atoms with E-state index in [4.69, 9.17) is 28.9 Å². The highest BCUT2D eigenvalue weighted by molar-refractivity contribution is 6.36. The molecule has 1 saturated carbocycles. The fraction of sp³-hybridized carbons (Fsp3) is 0.450. The summed E-state index contributed by atoms with van der Waals surface area (Å²) in [5.41, 5.74) is 14.7. The summed E-state index contributed by atoms with van der Waals surface area (Å²) in [6.45, 7) is 0.455. The number of amides is 1. The van der Waals surface area contributed by atoms with Crippen LogP contribution in [0.15, 0.2) is 18.3 Å². The number of nitrogens with one attached hydrogen (secondary N) is 2. The molecular formula is C20H22Cl2N6O. The van der Waals surface area contributed by atoms with Crippen LogP contribution < -0.4 is 16.6 Å². The maximum atomic E-state index is 12.3. The summed E-state index contributed by atoms with van der Waals surface area (Å²) in [5, 5.41) is 14.9. The molecule has 152 valence electrons. The van der Waals surface area contributed by atoms with Crippen molar-refractivity contribution >= 4 is 29.1 Å². The number of aromatic nitrogens is 2. The topological polar surface area (TPSA) is 109 Å². The van der Waals surface area contributed by atoms with Gasteiger partial charge >= 0.3 is 0 Å². The highest BCUT2D eigenvalue weighted by Crippen LogP contribution is 2.45. The molecule has 1 amide bonds. The van der Waals surface area contributed by atoms with E-state index >= 15 is 0 Å². The summed E-state index contributed by atoms with van der Waals surface area (Å²) in [7, 11) is 1.85. The summed E-state index contributed by atoms with van der Waals surface area (Å²) in [4.78, 5) is 12.3. The third kappa shape index (κ3) is 3.51. The molecule has 4 rings (SSSR count). The van der Waals surface area contributed by atoms with Crippen molar-refractivity contribution in [3.8, 4) is 17.3 Å². The first-order chi connectivity index (χ1) is 13.9. The second kappa shape index (κ2) is 7.96. The van der Waals surface area contributed by atoms with Gasteiger partial charge in [-0.05, 0) is 43.2 Å². The van der Waals surface area contributed by atoms with Crippen molar-refractivity contribution in [2.24, 2.45) is 24.6 Å². The van der Waals surface area contributed by atoms with Gasteiger partial charge in [-0.3, -0.25) is 14.9 Å². The summed E-state index contributed by atoms with van der Waals surface area (Å²) in [6, 6.07) is 5.57. The first-order valence-corrected chi connectivity index (χ1v) is 10.4. The first-order valence-electron chi connectivity index (χ1n) is 9.61. The van der Waals surface area contributed by atoms with E-state index in [2.05, 4.69) is 22.0 Å². The number of hydrogen-bond acceptors (Lipinski definition) is 5. The Morgan fingerprint density at radius 1 is 1.38 bits per heavy atom. The van der Waals surface area contributed by atoms with Crippen molar-refractivity contribution in [2.45, 2.75) is 31.2 Å². The lowest BCUT2D eigenvalue weighted by atomic mass is 9.68. The Morgan fingerprint density at radius 2 is 2.17 bits per heavy atom. The number of rotatable bonds is 3. The number of halogens is 2. The van der Waals surface area contributed by atoms with Gasteiger partial charge in [0, 0.05) is 41.7 Å². The molecule has 4 unspecified atom stereocenters. The molecule has 1 saturated heterocycles. The Hall–Kier alpha value is -2.11. The van der Waals surface area contributed by atoms with Gasteiger partial charge in [0.25, 0.3) is 0 Å². The quantitative estimate of drug-likeness (QED) is 0.690. The molecule has 1 aliphatic heterocycles. The largest absolute Gasteiger partial charge is 0.329 e. The van der Waals surface area contributed by atoms with Crippen LogP contribution in [0.2, 0.25) is 10.0 Å². The van der Waals surface area contributed by atoms with Gasteiger partial charge in [-0.2, -0.15) is 10.4 Å². The lowest BCUT2D eigenvalue weighted by Crippen LogP contribution is -2.62. The average Bonchev–Trinajstić information content (AvgIpc) is 3.09. The van der Waals surface area contributed by atoms with E-state index in [-0.39, 0.29) is 29.7 Å². The van der Waals surface area contributed by atoms with E-state index in [0.29, 0.717) is 27.7 Å². The normalized spacial score (nSPS) is 26.5. The smallest absolute Gasteiger partial charge is 0.237 e. The number of nitrogens with two attached hydrogens (primary N) is 1. The molecule has 2 aromatic rings. The monoisotopic (exact) mass is 432 g/mol. The molecule has 0 radical (unpaired) electrons. The fourth-order valence-electron chi connectivity index (χ4n) is 4.81. The van der Waals surface area contributed by atoms with E-state index in [1.165, 1.54) is 0 Å². The molecule has 4 atom stereocenters. The van der Waals surface area contributed by atoms with Crippen LogP contribution in [-0.4, -0.2) is 28.3 Å². The highest BCUT2D eigenvalue weighted by Gasteiger charge is 2.43. The van der Waals surface area contributed by atoms with E-state index in [0.717, 1.165) is 30.5 Å². The third-order valence-corrected chi connectivity index (χ3v) is 6.73. The van der Waals surface area contributed by atoms with Crippen LogP contribution in [0.3, 0.4) is 0 Å². The number of hydrogen-bond donors (Lipinski definition) is 3. The Kier molecular flexibility index (Phi) is 5.54. The first kappa shape index (κ1) is 20.2. The number of benzene rings is 1. The molecule has 2 aliphatic rings. The van der Waals surface area contributed by atoms with Crippen molar-refractivity contribution in [2.75, 3.05) is 6.54 Å². The van der Waals surface area contributed by atoms with Gasteiger partial charge in [0.05, 0.1) is 22.5 Å². The maximum absolute atomic E-state index is 12.3. The minimum absolute atomic E-state index is 0.0311. The number of nitrogens with zero attached hydrogens (tertiary/aromatic N) is 3. The molecule has 9 heteroatoms. The van der Waals surface area contributed by atoms with E-state index in [9.17, 15) is 10.1 Å². The Balaban J connectivity index is 1.74. The number of carbonyl (C=O) groups is 1. The zero-order valence-corrected chi connectivity index (χ0v) is 17.5. The summed E-state index contributed by atoms with van der Waals surface area (Å²) in [6.07, 6.45) is 4.32. The lowest BCUT2D eigenvalue weighted by Gasteiger charge is -2.43. The molecule has 1 aromatic carbocycles. The molecule has 2 fully saturated rings. The zero-order chi connectivity index (χ0) is 20.7. The van der Waals surface area contributed by atoms with Crippen molar-refractivity contribution in [1.82, 2.24) is 20.6 Å². The fourth-order valence-corrected chi connectivity index (χ4v) is 5.35. The Bertz CT molecular complexity index is 998. The van der Waals surface area contributed by atoms with E-state index < -0.39 is 0 Å². The van der Waals surface area contributed by atoms with E-state index in [1.54, 1.807) is 16.8 Å². The SMILES string of the molecule is Cn1ncc(C2CCC3C(=O)NNC(CN)C3C2)c1-c1cc(Cl)cc(Cl)c1C#N. The van der Waals surface area contributed by atoms with Crippen LogP contribution in [-0.2, 0) is 11.8 Å². The number of nitriles is 1. The highest BCUT2D eigenvalue weighted by atomic mass is 35.5. The van der Waals surface area contributed by atoms with Gasteiger partial charge in [-0.1, -0.05) is 23.2 Å². The van der Waals surface area contributed by atoms with Crippen LogP contribution in [0.25, 0.3) is 11.3 Å². The van der Waals surface area contributed by atoms with Crippen molar-refractivity contribution < 1.29 is 4.79 Å². The van der Waals surface area contributed by atoms with E-state index in [1.807, 2.05) is 13.2 Å². The molecule has 0 bridgehead atoms. The summed E-state index contributed by atoms with van der Waals surface area (Å²) in [5.74, 6) is 0.361. The van der Waals surface area contributed by atoms with Crippen molar-refractivity contribution in [3.05, 3.63) is 39.5 Å². The average molecular weight is 433 g/mol. The molecule has 4 N–H and O–H groups in total. The van der Waals surface area contributed by atoms with Gasteiger partial charge in [0.2, 0.25) is 5.91 Å².